The van der Waals surface area contributed by atoms with Crippen LogP contribution in [0.1, 0.15) is 49.9 Å². The third-order valence-corrected chi connectivity index (χ3v) is 6.07. The number of carbonyl (C=O) groups excluding carboxylic acids is 2. The van der Waals surface area contributed by atoms with Crippen molar-refractivity contribution in [3.63, 3.8) is 0 Å². The largest absolute Gasteiger partial charge is 0.507 e. The summed E-state index contributed by atoms with van der Waals surface area (Å²) in [7, 11) is 5.68. The Balaban J connectivity index is 2.08. The van der Waals surface area contributed by atoms with Crippen molar-refractivity contribution >= 4 is 17.4 Å². The van der Waals surface area contributed by atoms with Gasteiger partial charge in [0.05, 0.1) is 39.4 Å². The van der Waals surface area contributed by atoms with Crippen LogP contribution < -0.4 is 9.64 Å². The summed E-state index contributed by atoms with van der Waals surface area (Å²) >= 11 is 0. The van der Waals surface area contributed by atoms with E-state index in [-0.39, 0.29) is 16.7 Å². The molecule has 1 atom stereocenters. The third-order valence-electron chi connectivity index (χ3n) is 6.07. The number of hydrogen-bond donors (Lipinski definition) is 2. The predicted molar refractivity (Wildman–Crippen MR) is 129 cm³/mol. The molecular weight excluding hydrogens is 416 g/mol. The van der Waals surface area contributed by atoms with Gasteiger partial charge in [0.2, 0.25) is 0 Å². The number of rotatable bonds is 7. The van der Waals surface area contributed by atoms with Crippen LogP contribution in [0, 0.1) is 0 Å². The van der Waals surface area contributed by atoms with Gasteiger partial charge in [0.25, 0.3) is 11.7 Å². The van der Waals surface area contributed by atoms with Gasteiger partial charge in [-0.1, -0.05) is 45.0 Å². The molecule has 2 N–H and O–H groups in total. The Labute approximate surface area is 196 Å². The number of likely N-dealkylation sites (tertiary alicyclic amines) is 1. The molecule has 1 amide bonds. The fourth-order valence-corrected chi connectivity index (χ4v) is 4.13. The summed E-state index contributed by atoms with van der Waals surface area (Å²) in [5.74, 6) is -0.733. The highest BCUT2D eigenvalue weighted by Crippen LogP contribution is 2.40. The molecule has 1 heterocycles. The molecule has 0 saturated carbocycles. The SMILES string of the molecule is COc1ccc(C(O)=C2C(=O)C(=O)N(CCC[NH+](C)C)[C@H]2c2ccc(C(C)(C)C)cc2)cc1. The van der Waals surface area contributed by atoms with E-state index >= 15 is 0 Å². The van der Waals surface area contributed by atoms with Gasteiger partial charge in [-0.3, -0.25) is 9.59 Å². The van der Waals surface area contributed by atoms with Crippen LogP contribution in [0.25, 0.3) is 5.76 Å². The smallest absolute Gasteiger partial charge is 0.295 e. The Hall–Kier alpha value is -3.12. The molecule has 0 bridgehead atoms. The van der Waals surface area contributed by atoms with Crippen molar-refractivity contribution in [1.82, 2.24) is 4.90 Å². The van der Waals surface area contributed by atoms with E-state index in [1.165, 1.54) is 4.90 Å². The Bertz CT molecular complexity index is 1030. The molecular formula is C27H35N2O4+. The summed E-state index contributed by atoms with van der Waals surface area (Å²) in [5, 5.41) is 11.2. The Morgan fingerprint density at radius 1 is 1.03 bits per heavy atom. The Kier molecular flexibility index (Phi) is 7.28. The highest BCUT2D eigenvalue weighted by Gasteiger charge is 2.45. The number of ketones is 1. The summed E-state index contributed by atoms with van der Waals surface area (Å²) in [6, 6.07) is 14.2. The van der Waals surface area contributed by atoms with Gasteiger partial charge in [-0.2, -0.15) is 0 Å². The molecule has 0 spiro atoms. The van der Waals surface area contributed by atoms with Gasteiger partial charge in [0.1, 0.15) is 11.5 Å². The van der Waals surface area contributed by atoms with Crippen LogP contribution in [0.3, 0.4) is 0 Å². The summed E-state index contributed by atoms with van der Waals surface area (Å²) in [5.41, 5.74) is 2.57. The number of carbonyl (C=O) groups is 2. The highest BCUT2D eigenvalue weighted by molar-refractivity contribution is 6.46. The number of aliphatic hydroxyl groups excluding tert-OH is 1. The number of aliphatic hydroxyl groups is 1. The van der Waals surface area contributed by atoms with Crippen LogP contribution in [0.2, 0.25) is 0 Å². The molecule has 1 aliphatic heterocycles. The van der Waals surface area contributed by atoms with Crippen molar-refractivity contribution in [3.05, 3.63) is 70.8 Å². The maximum absolute atomic E-state index is 13.1. The van der Waals surface area contributed by atoms with E-state index in [0.717, 1.165) is 24.1 Å². The van der Waals surface area contributed by atoms with Crippen molar-refractivity contribution < 1.29 is 24.3 Å². The zero-order valence-corrected chi connectivity index (χ0v) is 20.4. The summed E-state index contributed by atoms with van der Waals surface area (Å²) < 4.78 is 5.19. The molecule has 1 fully saturated rings. The average molecular weight is 452 g/mol. The minimum absolute atomic E-state index is 0.0160. The fourth-order valence-electron chi connectivity index (χ4n) is 4.13. The lowest BCUT2D eigenvalue weighted by atomic mass is 9.85. The highest BCUT2D eigenvalue weighted by atomic mass is 16.5. The van der Waals surface area contributed by atoms with Gasteiger partial charge >= 0.3 is 0 Å². The van der Waals surface area contributed by atoms with E-state index in [1.807, 2.05) is 24.3 Å². The number of benzene rings is 2. The lowest BCUT2D eigenvalue weighted by molar-refractivity contribution is -0.858. The van der Waals surface area contributed by atoms with Crippen molar-refractivity contribution in [2.75, 3.05) is 34.3 Å². The first-order valence-electron chi connectivity index (χ1n) is 11.4. The van der Waals surface area contributed by atoms with Crippen LogP contribution in [0.5, 0.6) is 5.75 Å². The minimum atomic E-state index is -0.648. The number of Topliss-reactive ketones (excluding diaryl/α,β-unsaturated/α-hetero) is 1. The molecule has 6 nitrogen and oxygen atoms in total. The molecule has 176 valence electrons. The van der Waals surface area contributed by atoms with E-state index in [4.69, 9.17) is 4.74 Å². The van der Waals surface area contributed by atoms with Gasteiger partial charge in [0.15, 0.2) is 0 Å². The van der Waals surface area contributed by atoms with E-state index in [9.17, 15) is 14.7 Å². The molecule has 2 aromatic carbocycles. The maximum atomic E-state index is 13.1. The first kappa shape index (κ1) is 24.5. The fraction of sp³-hybridized carbons (Fsp3) is 0.407. The molecule has 33 heavy (non-hydrogen) atoms. The number of nitrogens with one attached hydrogen (secondary N) is 1. The number of nitrogens with zero attached hydrogens (tertiary/aromatic N) is 1. The van der Waals surface area contributed by atoms with Crippen molar-refractivity contribution in [1.29, 1.82) is 0 Å². The maximum Gasteiger partial charge on any atom is 0.295 e. The molecule has 1 saturated heterocycles. The minimum Gasteiger partial charge on any atom is -0.507 e. The molecule has 0 aromatic heterocycles. The van der Waals surface area contributed by atoms with Gasteiger partial charge in [0, 0.05) is 18.5 Å². The molecule has 0 aliphatic carbocycles. The lowest BCUT2D eigenvalue weighted by Crippen LogP contribution is -3.05. The molecule has 1 aliphatic rings. The molecule has 2 aromatic rings. The van der Waals surface area contributed by atoms with Crippen LogP contribution in [0.15, 0.2) is 54.1 Å². The predicted octanol–water partition coefficient (Wildman–Crippen LogP) is 2.95. The quantitative estimate of drug-likeness (QED) is 0.386. The zero-order valence-electron chi connectivity index (χ0n) is 20.4. The van der Waals surface area contributed by atoms with Gasteiger partial charge in [-0.25, -0.2) is 0 Å². The van der Waals surface area contributed by atoms with Crippen molar-refractivity contribution in [2.45, 2.75) is 38.6 Å². The van der Waals surface area contributed by atoms with E-state index in [0.29, 0.717) is 17.9 Å². The monoisotopic (exact) mass is 451 g/mol. The number of ether oxygens (including phenoxy) is 1. The normalized spacial score (nSPS) is 18.3. The first-order chi connectivity index (χ1) is 15.5. The first-order valence-corrected chi connectivity index (χ1v) is 11.4. The second kappa shape index (κ2) is 9.79. The van der Waals surface area contributed by atoms with Crippen molar-refractivity contribution in [3.8, 4) is 5.75 Å². The number of hydrogen-bond acceptors (Lipinski definition) is 4. The third kappa shape index (κ3) is 5.28. The van der Waals surface area contributed by atoms with Crippen LogP contribution in [0.4, 0.5) is 0 Å². The number of methoxy groups -OCH3 is 1. The molecule has 3 rings (SSSR count). The second-order valence-corrected chi connectivity index (χ2v) is 9.90. The molecule has 0 radical (unpaired) electrons. The zero-order chi connectivity index (χ0) is 24.3. The van der Waals surface area contributed by atoms with Gasteiger partial charge in [-0.05, 0) is 40.8 Å². The Morgan fingerprint density at radius 2 is 1.64 bits per heavy atom. The topological polar surface area (TPSA) is 71.3 Å². The second-order valence-electron chi connectivity index (χ2n) is 9.90. The van der Waals surface area contributed by atoms with Crippen LogP contribution in [-0.2, 0) is 15.0 Å². The van der Waals surface area contributed by atoms with E-state index < -0.39 is 17.7 Å². The summed E-state index contributed by atoms with van der Waals surface area (Å²) in [6.07, 6.45) is 0.758. The molecule has 6 heteroatoms. The van der Waals surface area contributed by atoms with E-state index in [2.05, 4.69) is 34.9 Å². The number of quaternary nitrogens is 1. The van der Waals surface area contributed by atoms with Crippen LogP contribution >= 0.6 is 0 Å². The molecule has 0 unspecified atom stereocenters. The van der Waals surface area contributed by atoms with Crippen LogP contribution in [-0.4, -0.2) is 56.0 Å². The number of amides is 1. The summed E-state index contributed by atoms with van der Waals surface area (Å²) in [6.45, 7) is 7.74. The van der Waals surface area contributed by atoms with Gasteiger partial charge < -0.3 is 19.6 Å². The van der Waals surface area contributed by atoms with Gasteiger partial charge in [-0.15, -0.1) is 0 Å². The average Bonchev–Trinajstić information content (AvgIpc) is 3.03. The van der Waals surface area contributed by atoms with E-state index in [1.54, 1.807) is 36.3 Å². The van der Waals surface area contributed by atoms with Crippen molar-refractivity contribution in [2.24, 2.45) is 0 Å². The summed E-state index contributed by atoms with van der Waals surface area (Å²) in [4.78, 5) is 29.0. The standard InChI is InChI=1S/C27H34N2O4/c1-27(2,3)20-12-8-18(9-13-20)23-22(24(30)19-10-14-21(33-6)15-11-19)25(31)26(32)29(23)17-7-16-28(4)5/h8-15,23,30H,7,16-17H2,1-6H3/p+1/t23-/m0/s1. The lowest BCUT2D eigenvalue weighted by Gasteiger charge is -2.26. The Morgan fingerprint density at radius 3 is 2.15 bits per heavy atom.